The van der Waals surface area contributed by atoms with Crippen molar-refractivity contribution in [1.29, 1.82) is 5.26 Å². The summed E-state index contributed by atoms with van der Waals surface area (Å²) in [7, 11) is -3.50. The number of nitrogens with one attached hydrogen (secondary N) is 3. The van der Waals surface area contributed by atoms with Gasteiger partial charge in [0.1, 0.15) is 22.4 Å². The summed E-state index contributed by atoms with van der Waals surface area (Å²) in [5.41, 5.74) is 1.62. The van der Waals surface area contributed by atoms with Gasteiger partial charge >= 0.3 is 0 Å². The molecular formula is C16H18N4O4S. The van der Waals surface area contributed by atoms with E-state index in [4.69, 9.17) is 5.26 Å². The third-order valence-corrected chi connectivity index (χ3v) is 4.43. The maximum atomic E-state index is 12.3. The molecule has 0 bridgehead atoms. The molecule has 1 atom stereocenters. The molecule has 0 saturated carbocycles. The SMILES string of the molecule is CS(=O)(=O)CC(NC(=O)Cc1c[nH]c2ccccc12)C(=O)NCC#N. The first-order valence-corrected chi connectivity index (χ1v) is 9.53. The van der Waals surface area contributed by atoms with E-state index in [1.165, 1.54) is 0 Å². The molecule has 0 aliphatic rings. The number of nitriles is 1. The van der Waals surface area contributed by atoms with Gasteiger partial charge < -0.3 is 15.6 Å². The van der Waals surface area contributed by atoms with Gasteiger partial charge in [-0.2, -0.15) is 5.26 Å². The first-order valence-electron chi connectivity index (χ1n) is 7.47. The molecule has 132 valence electrons. The van der Waals surface area contributed by atoms with Crippen molar-refractivity contribution in [1.82, 2.24) is 15.6 Å². The maximum absolute atomic E-state index is 12.3. The summed E-state index contributed by atoms with van der Waals surface area (Å²) < 4.78 is 23.0. The number of nitrogens with zero attached hydrogens (tertiary/aromatic N) is 1. The number of carbonyl (C=O) groups excluding carboxylic acids is 2. The van der Waals surface area contributed by atoms with E-state index in [1.807, 2.05) is 24.3 Å². The van der Waals surface area contributed by atoms with Gasteiger partial charge in [-0.1, -0.05) is 18.2 Å². The average molecular weight is 362 g/mol. The Hall–Kier alpha value is -2.86. The minimum atomic E-state index is -3.50. The smallest absolute Gasteiger partial charge is 0.244 e. The predicted molar refractivity (Wildman–Crippen MR) is 92.3 cm³/mol. The van der Waals surface area contributed by atoms with Crippen molar-refractivity contribution in [2.75, 3.05) is 18.6 Å². The number of sulfone groups is 1. The molecular weight excluding hydrogens is 344 g/mol. The Kier molecular flexibility index (Phi) is 5.77. The normalized spacial score (nSPS) is 12.3. The Morgan fingerprint density at radius 3 is 2.72 bits per heavy atom. The monoisotopic (exact) mass is 362 g/mol. The fourth-order valence-corrected chi connectivity index (χ4v) is 3.27. The zero-order valence-corrected chi connectivity index (χ0v) is 14.4. The van der Waals surface area contributed by atoms with Gasteiger partial charge in [-0.25, -0.2) is 8.42 Å². The number of aromatic nitrogens is 1. The molecule has 8 nitrogen and oxygen atoms in total. The lowest BCUT2D eigenvalue weighted by Gasteiger charge is -2.16. The Morgan fingerprint density at radius 2 is 2.04 bits per heavy atom. The first-order chi connectivity index (χ1) is 11.8. The molecule has 1 unspecified atom stereocenters. The van der Waals surface area contributed by atoms with Crippen LogP contribution in [0.15, 0.2) is 30.5 Å². The number of amides is 2. The molecule has 0 radical (unpaired) electrons. The molecule has 3 N–H and O–H groups in total. The lowest BCUT2D eigenvalue weighted by atomic mass is 10.1. The number of aromatic amines is 1. The minimum absolute atomic E-state index is 0.00416. The van der Waals surface area contributed by atoms with E-state index < -0.39 is 33.4 Å². The molecule has 1 aromatic heterocycles. The Bertz CT molecular complexity index is 927. The molecule has 9 heteroatoms. The van der Waals surface area contributed by atoms with E-state index in [-0.39, 0.29) is 13.0 Å². The number of fused-ring (bicyclic) bond motifs is 1. The lowest BCUT2D eigenvalue weighted by molar-refractivity contribution is -0.128. The van der Waals surface area contributed by atoms with Gasteiger partial charge in [0.15, 0.2) is 0 Å². The fraction of sp³-hybridized carbons (Fsp3) is 0.312. The van der Waals surface area contributed by atoms with Gasteiger partial charge in [0, 0.05) is 23.4 Å². The third kappa shape index (κ3) is 5.32. The number of para-hydroxylation sites is 1. The van der Waals surface area contributed by atoms with Gasteiger partial charge in [-0.15, -0.1) is 0 Å². The van der Waals surface area contributed by atoms with Crippen LogP contribution in [-0.4, -0.2) is 49.8 Å². The van der Waals surface area contributed by atoms with Crippen LogP contribution < -0.4 is 10.6 Å². The van der Waals surface area contributed by atoms with Gasteiger partial charge in [0.25, 0.3) is 0 Å². The molecule has 0 fully saturated rings. The van der Waals surface area contributed by atoms with Gasteiger partial charge in [-0.05, 0) is 11.6 Å². The second-order valence-corrected chi connectivity index (χ2v) is 7.81. The molecule has 2 amide bonds. The standard InChI is InChI=1S/C16H18N4O4S/c1-25(23,24)10-14(16(22)18-7-6-17)20-15(21)8-11-9-19-13-5-3-2-4-12(11)13/h2-5,9,14,19H,7-8,10H2,1H3,(H,18,22)(H,20,21). The Balaban J connectivity index is 2.10. The lowest BCUT2D eigenvalue weighted by Crippen LogP contribution is -2.50. The van der Waals surface area contributed by atoms with Gasteiger partial charge in [0.05, 0.1) is 18.2 Å². The van der Waals surface area contributed by atoms with Crippen LogP contribution in [0.5, 0.6) is 0 Å². The number of hydrogen-bond donors (Lipinski definition) is 3. The number of hydrogen-bond acceptors (Lipinski definition) is 5. The number of benzene rings is 1. The molecule has 2 aromatic rings. The summed E-state index contributed by atoms with van der Waals surface area (Å²) in [6, 6.07) is 7.93. The molecule has 0 aliphatic heterocycles. The van der Waals surface area contributed by atoms with Crippen molar-refractivity contribution in [2.45, 2.75) is 12.5 Å². The molecule has 0 aliphatic carbocycles. The molecule has 1 heterocycles. The van der Waals surface area contributed by atoms with Crippen LogP contribution in [-0.2, 0) is 25.8 Å². The zero-order valence-electron chi connectivity index (χ0n) is 13.6. The highest BCUT2D eigenvalue weighted by Gasteiger charge is 2.25. The number of H-pyrrole nitrogens is 1. The van der Waals surface area contributed by atoms with Crippen LogP contribution in [0, 0.1) is 11.3 Å². The van der Waals surface area contributed by atoms with E-state index in [1.54, 1.807) is 12.3 Å². The largest absolute Gasteiger partial charge is 0.361 e. The zero-order chi connectivity index (χ0) is 18.4. The van der Waals surface area contributed by atoms with Crippen LogP contribution in [0.1, 0.15) is 5.56 Å². The average Bonchev–Trinajstić information content (AvgIpc) is 2.94. The van der Waals surface area contributed by atoms with Gasteiger partial charge in [0.2, 0.25) is 11.8 Å². The van der Waals surface area contributed by atoms with E-state index in [0.29, 0.717) is 0 Å². The van der Waals surface area contributed by atoms with Crippen LogP contribution >= 0.6 is 0 Å². The summed E-state index contributed by atoms with van der Waals surface area (Å²) in [4.78, 5) is 27.3. The van der Waals surface area contributed by atoms with Crippen LogP contribution in [0.4, 0.5) is 0 Å². The molecule has 1 aromatic carbocycles. The van der Waals surface area contributed by atoms with E-state index in [0.717, 1.165) is 22.7 Å². The van der Waals surface area contributed by atoms with Crippen molar-refractivity contribution < 1.29 is 18.0 Å². The summed E-state index contributed by atoms with van der Waals surface area (Å²) in [5, 5.41) is 14.1. The highest BCUT2D eigenvalue weighted by molar-refractivity contribution is 7.90. The van der Waals surface area contributed by atoms with Crippen molar-refractivity contribution in [2.24, 2.45) is 0 Å². The van der Waals surface area contributed by atoms with E-state index in [9.17, 15) is 18.0 Å². The summed E-state index contributed by atoms with van der Waals surface area (Å²) in [6.45, 7) is -0.266. The predicted octanol–water partition coefficient (Wildman–Crippen LogP) is -0.120. The quantitative estimate of drug-likeness (QED) is 0.591. The van der Waals surface area contributed by atoms with Crippen molar-refractivity contribution in [3.05, 3.63) is 36.0 Å². The topological polar surface area (TPSA) is 132 Å². The second kappa shape index (κ2) is 7.81. The van der Waals surface area contributed by atoms with E-state index >= 15 is 0 Å². The highest BCUT2D eigenvalue weighted by atomic mass is 32.2. The van der Waals surface area contributed by atoms with Crippen LogP contribution in [0.25, 0.3) is 10.9 Å². The van der Waals surface area contributed by atoms with Crippen molar-refractivity contribution in [3.8, 4) is 6.07 Å². The molecule has 0 saturated heterocycles. The molecule has 0 spiro atoms. The minimum Gasteiger partial charge on any atom is -0.361 e. The highest BCUT2D eigenvalue weighted by Crippen LogP contribution is 2.18. The number of carbonyl (C=O) groups is 2. The maximum Gasteiger partial charge on any atom is 0.244 e. The van der Waals surface area contributed by atoms with Crippen LogP contribution in [0.2, 0.25) is 0 Å². The van der Waals surface area contributed by atoms with Crippen LogP contribution in [0.3, 0.4) is 0 Å². The summed E-state index contributed by atoms with van der Waals surface area (Å²) in [6.07, 6.45) is 2.67. The van der Waals surface area contributed by atoms with E-state index in [2.05, 4.69) is 15.6 Å². The van der Waals surface area contributed by atoms with Crippen molar-refractivity contribution in [3.63, 3.8) is 0 Å². The summed E-state index contributed by atoms with van der Waals surface area (Å²) >= 11 is 0. The van der Waals surface area contributed by atoms with Crippen molar-refractivity contribution >= 4 is 32.6 Å². The third-order valence-electron chi connectivity index (χ3n) is 3.49. The fourth-order valence-electron chi connectivity index (χ4n) is 2.43. The Labute approximate surface area is 145 Å². The second-order valence-electron chi connectivity index (χ2n) is 5.62. The molecule has 2 rings (SSSR count). The molecule has 25 heavy (non-hydrogen) atoms. The first kappa shape index (κ1) is 18.5. The number of rotatable bonds is 7. The Morgan fingerprint density at radius 1 is 1.32 bits per heavy atom. The van der Waals surface area contributed by atoms with Gasteiger partial charge in [-0.3, -0.25) is 9.59 Å². The summed E-state index contributed by atoms with van der Waals surface area (Å²) in [5.74, 6) is -1.73.